The van der Waals surface area contributed by atoms with Gasteiger partial charge in [0.1, 0.15) is 41.9 Å². The lowest BCUT2D eigenvalue weighted by atomic mass is 9.72. The molecule has 1 fully saturated rings. The van der Waals surface area contributed by atoms with Crippen LogP contribution in [-0.2, 0) is 35.1 Å². The first-order valence-electron chi connectivity index (χ1n) is 24.6. The Morgan fingerprint density at radius 2 is 1.59 bits per heavy atom. The number of hydrogen-bond acceptors (Lipinski definition) is 20. The number of Topliss-reactive ketones (excluding diaryl/α,β-unsaturated/α-hetero) is 1. The van der Waals surface area contributed by atoms with Crippen molar-refractivity contribution in [2.24, 2.45) is 38.8 Å². The van der Waals surface area contributed by atoms with Crippen molar-refractivity contribution in [1.29, 1.82) is 0 Å². The zero-order valence-electron chi connectivity index (χ0n) is 42.4. The van der Waals surface area contributed by atoms with Crippen LogP contribution in [-0.4, -0.2) is 179 Å². The summed E-state index contributed by atoms with van der Waals surface area (Å²) in [6, 6.07) is 1.30. The first-order valence-corrected chi connectivity index (χ1v) is 24.6. The Morgan fingerprint density at radius 1 is 0.920 bits per heavy atom. The second kappa shape index (κ2) is 26.8. The van der Waals surface area contributed by atoms with E-state index in [4.69, 9.17) is 37.1 Å². The highest BCUT2D eigenvalue weighted by molar-refractivity contribution is 6.31. The number of likely N-dealkylation sites (N-methyl/N-ethyl adjacent to an activating group) is 1. The van der Waals surface area contributed by atoms with Gasteiger partial charge in [-0.25, -0.2) is 0 Å². The zero-order chi connectivity index (χ0) is 55.3. The van der Waals surface area contributed by atoms with Crippen LogP contribution in [0.15, 0.2) is 28.2 Å². The second-order valence-electron chi connectivity index (χ2n) is 18.7. The largest absolute Gasteiger partial charge is 0.507 e. The number of aliphatic hydroxyl groups is 4. The molecule has 27 heteroatoms. The molecule has 27 nitrogen and oxygen atoms in total. The van der Waals surface area contributed by atoms with Crippen molar-refractivity contribution in [3.63, 3.8) is 0 Å². The van der Waals surface area contributed by atoms with Crippen LogP contribution in [0, 0.1) is 5.92 Å². The molecule has 0 bridgehead atoms. The summed E-state index contributed by atoms with van der Waals surface area (Å²) < 4.78 is 18.1. The molecule has 2 aliphatic carbocycles. The summed E-state index contributed by atoms with van der Waals surface area (Å²) in [5.41, 5.74) is 17.8. The van der Waals surface area contributed by atoms with Crippen molar-refractivity contribution < 1.29 is 73.6 Å². The number of carbonyl (C=O) groups excluding carboxylic acids is 6. The van der Waals surface area contributed by atoms with Gasteiger partial charge in [0, 0.05) is 61.0 Å². The molecule has 10 unspecified atom stereocenters. The lowest BCUT2D eigenvalue weighted by Crippen LogP contribution is -2.59. The van der Waals surface area contributed by atoms with Crippen molar-refractivity contribution >= 4 is 47.0 Å². The molecule has 0 aromatic heterocycles. The van der Waals surface area contributed by atoms with Crippen LogP contribution in [0.1, 0.15) is 108 Å². The van der Waals surface area contributed by atoms with Crippen molar-refractivity contribution in [3.05, 3.63) is 51.6 Å². The van der Waals surface area contributed by atoms with E-state index >= 15 is 0 Å². The van der Waals surface area contributed by atoms with Crippen molar-refractivity contribution in [3.8, 4) is 17.2 Å². The highest BCUT2D eigenvalue weighted by atomic mass is 16.7. The molecule has 20 N–H and O–H groups in total. The number of phenolic OH excluding ortho intramolecular Hbond substituents is 2. The fraction of sp³-hybridized carbons (Fsp3) is 0.583. The smallest absolute Gasteiger partial charge is 0.237 e. The van der Waals surface area contributed by atoms with Gasteiger partial charge in [0.25, 0.3) is 0 Å². The predicted octanol–water partition coefficient (Wildman–Crippen LogP) is -4.06. The van der Waals surface area contributed by atoms with Crippen molar-refractivity contribution in [2.75, 3.05) is 53.0 Å². The maximum atomic E-state index is 14.4. The Morgan fingerprint density at radius 3 is 2.23 bits per heavy atom. The average Bonchev–Trinajstić information content (AvgIpc) is 3.36. The van der Waals surface area contributed by atoms with Gasteiger partial charge in [0.15, 0.2) is 29.8 Å². The maximum absolute atomic E-state index is 14.4. The number of benzene rings is 2. The monoisotopic (exact) mass is 1060 g/mol. The molecule has 0 radical (unpaired) electrons. The first-order chi connectivity index (χ1) is 35.5. The quantitative estimate of drug-likeness (QED) is 0.0114. The Bertz CT molecular complexity index is 2470. The summed E-state index contributed by atoms with van der Waals surface area (Å²) in [6.07, 6.45) is -7.07. The van der Waals surface area contributed by atoms with Crippen LogP contribution in [0.5, 0.6) is 17.2 Å². The van der Waals surface area contributed by atoms with E-state index in [9.17, 15) is 59.4 Å². The van der Waals surface area contributed by atoms with E-state index in [1.54, 1.807) is 13.8 Å². The summed E-state index contributed by atoms with van der Waals surface area (Å²) >= 11 is 0. The van der Waals surface area contributed by atoms with Gasteiger partial charge in [0.2, 0.25) is 23.5 Å². The number of aliphatic hydroxyl groups excluding tert-OH is 3. The minimum Gasteiger partial charge on any atom is -0.507 e. The topological polar surface area (TPSA) is 452 Å². The van der Waals surface area contributed by atoms with Crippen molar-refractivity contribution in [2.45, 2.75) is 120 Å². The van der Waals surface area contributed by atoms with E-state index in [2.05, 4.69) is 41.9 Å². The summed E-state index contributed by atoms with van der Waals surface area (Å²) in [4.78, 5) is 88.9. The van der Waals surface area contributed by atoms with Crippen LogP contribution < -0.4 is 59.6 Å². The van der Waals surface area contributed by atoms with E-state index in [1.807, 2.05) is 6.92 Å². The molecule has 75 heavy (non-hydrogen) atoms. The number of nitrogens with two attached hydrogens (primary N) is 4. The molecule has 1 saturated heterocycles. The van der Waals surface area contributed by atoms with E-state index < -0.39 is 138 Å². The molecule has 2 aromatic rings. The molecule has 414 valence electrons. The molecular weight excluding hydrogens is 985 g/mol. The normalized spacial score (nSPS) is 22.5. The van der Waals surface area contributed by atoms with Gasteiger partial charge in [-0.05, 0) is 45.2 Å². The van der Waals surface area contributed by atoms with Gasteiger partial charge in [-0.1, -0.05) is 26.0 Å². The number of methoxy groups -OCH3 is 1. The van der Waals surface area contributed by atoms with E-state index in [0.717, 1.165) is 0 Å². The number of guanidine groups is 2. The minimum atomic E-state index is -2.40. The Balaban J connectivity index is 1.39. The summed E-state index contributed by atoms with van der Waals surface area (Å²) in [5.74, 6) is -6.67. The standard InChI is InChI=1S/C48H72N12O15/c1-5-53-18-32(63)56-19-33(64)57-20-34(65)58-26(10-7-13-54-46(49)50)44(70)59-27(11-8-14-55-47(51)52)45(71)60-28-15-35(74-23(3)22(28)2)75-30-17-48(72,31(62)21-61)16-25-37(30)43(69)39-38(41(25)67)40(66)24-9-6-12-29(73-4)36(24)42(39)68/h6,9,12,22-23,26-28,30,33,35,44,53,57,59,61,64,67,69-70,72H,5,7-8,10-11,13-21H2,1-4H3,(H,56,63)(H,58,65)(H,60,71)(H4,49,50,54)(H4,51,52,55). The van der Waals surface area contributed by atoms with Gasteiger partial charge in [0.05, 0.1) is 67.7 Å². The number of fused-ring (bicyclic) bond motifs is 3. The Hall–Kier alpha value is -6.56. The van der Waals surface area contributed by atoms with Crippen LogP contribution in [0.3, 0.4) is 0 Å². The number of nitrogens with one attached hydrogen (secondary N) is 6. The van der Waals surface area contributed by atoms with Crippen molar-refractivity contribution in [1.82, 2.24) is 31.9 Å². The minimum absolute atomic E-state index is 0.0312. The molecule has 3 amide bonds. The molecule has 10 atom stereocenters. The molecule has 1 aliphatic heterocycles. The van der Waals surface area contributed by atoms with Gasteiger partial charge in [-0.3, -0.25) is 49.4 Å². The van der Waals surface area contributed by atoms with Gasteiger partial charge < -0.3 is 89.1 Å². The molecule has 0 spiro atoms. The molecule has 1 heterocycles. The lowest BCUT2D eigenvalue weighted by molar-refractivity contribution is -0.238. The highest BCUT2D eigenvalue weighted by Crippen LogP contribution is 2.52. The van der Waals surface area contributed by atoms with Gasteiger partial charge in [-0.15, -0.1) is 0 Å². The van der Waals surface area contributed by atoms with E-state index in [0.29, 0.717) is 6.54 Å². The third-order valence-electron chi connectivity index (χ3n) is 13.4. The van der Waals surface area contributed by atoms with Crippen LogP contribution in [0.25, 0.3) is 0 Å². The van der Waals surface area contributed by atoms with Crippen LogP contribution >= 0.6 is 0 Å². The number of phenols is 2. The molecule has 3 aliphatic rings. The second-order valence-corrected chi connectivity index (χ2v) is 18.7. The summed E-state index contributed by atoms with van der Waals surface area (Å²) in [5, 5.41) is 84.1. The number of ether oxygens (including phenoxy) is 3. The molecule has 2 aromatic carbocycles. The molecule has 5 rings (SSSR count). The Kier molecular flexibility index (Phi) is 21.2. The number of aromatic hydroxyl groups is 2. The average molecular weight is 1060 g/mol. The zero-order valence-corrected chi connectivity index (χ0v) is 42.4. The fourth-order valence-electron chi connectivity index (χ4n) is 9.30. The van der Waals surface area contributed by atoms with Gasteiger partial charge in [-0.2, -0.15) is 0 Å². The third-order valence-corrected chi connectivity index (χ3v) is 13.4. The summed E-state index contributed by atoms with van der Waals surface area (Å²) in [7, 11) is 1.29. The van der Waals surface area contributed by atoms with E-state index in [-0.39, 0.29) is 104 Å². The maximum Gasteiger partial charge on any atom is 0.237 e. The number of aliphatic imine (C=N–C) groups is 2. The number of rotatable bonds is 27. The number of hydrogen-bond donors (Lipinski definition) is 16. The molecular formula is C48H72N12O15. The first kappa shape index (κ1) is 59.3. The fourth-order valence-corrected chi connectivity index (χ4v) is 9.30. The number of ketones is 3. The lowest BCUT2D eigenvalue weighted by Gasteiger charge is -2.43. The van der Waals surface area contributed by atoms with Gasteiger partial charge >= 0.3 is 0 Å². The highest BCUT2D eigenvalue weighted by Gasteiger charge is 2.50. The predicted molar refractivity (Wildman–Crippen MR) is 269 cm³/mol. The SMILES string of the molecule is CCNCC(=O)NCC(O)NCC(=O)NC(CCCN=C(N)N)C(O)NC(CCCN=C(N)N)C(=O)NC1CC(OC2CC(O)(C(=O)CO)Cc3c(O)c4c(c(O)c32)C(=O)c2c(OC)cccc2C4=O)OC(C)C1C. The van der Waals surface area contributed by atoms with Crippen LogP contribution in [0.4, 0.5) is 0 Å². The number of carbonyl (C=O) groups is 6. The van der Waals surface area contributed by atoms with Crippen LogP contribution in [0.2, 0.25) is 0 Å². The molecule has 0 saturated carbocycles. The number of amides is 3. The third kappa shape index (κ3) is 14.9. The Labute approximate surface area is 432 Å². The summed E-state index contributed by atoms with van der Waals surface area (Å²) in [6.45, 7) is 4.41. The van der Waals surface area contributed by atoms with E-state index in [1.165, 1.54) is 25.3 Å². The number of nitrogens with zero attached hydrogens (tertiary/aromatic N) is 2.